The van der Waals surface area contributed by atoms with Gasteiger partial charge in [0.15, 0.2) is 0 Å². The average Bonchev–Trinajstić information content (AvgIpc) is 3.24. The molecule has 2 aliphatic heterocycles. The topological polar surface area (TPSA) is 115 Å². The summed E-state index contributed by atoms with van der Waals surface area (Å²) in [6.07, 6.45) is 1.14. The quantitative estimate of drug-likeness (QED) is 0.499. The number of pyridine rings is 1. The number of carbonyl (C=O) groups is 2. The molecular formula is C22H15F2N7O2. The number of carbonyl (C=O) groups excluding carboxylic acids is 2. The Balaban J connectivity index is 1.55. The second kappa shape index (κ2) is 6.61. The first-order valence-electron chi connectivity index (χ1n) is 10.1. The SMILES string of the molecule is C[C@@]12CC(=O)Nc3nc(-n4nc(Cc5ccccc5F)c5ncc(F)cc54)nc(c31)NC2=O. The van der Waals surface area contributed by atoms with Gasteiger partial charge >= 0.3 is 0 Å². The second-order valence-electron chi connectivity index (χ2n) is 8.25. The van der Waals surface area contributed by atoms with Crippen molar-refractivity contribution in [2.24, 2.45) is 0 Å². The Labute approximate surface area is 184 Å². The lowest BCUT2D eigenvalue weighted by Gasteiger charge is -2.27. The van der Waals surface area contributed by atoms with Crippen LogP contribution in [-0.4, -0.2) is 36.5 Å². The van der Waals surface area contributed by atoms with Crippen molar-refractivity contribution in [3.63, 3.8) is 0 Å². The Morgan fingerprint density at radius 1 is 1.12 bits per heavy atom. The monoisotopic (exact) mass is 447 g/mol. The molecule has 0 bridgehead atoms. The van der Waals surface area contributed by atoms with E-state index in [1.165, 1.54) is 16.8 Å². The fourth-order valence-electron chi connectivity index (χ4n) is 4.40. The third kappa shape index (κ3) is 2.81. The van der Waals surface area contributed by atoms with E-state index in [2.05, 4.69) is 30.7 Å². The number of aromatic nitrogens is 5. The number of nitrogens with zero attached hydrogens (tertiary/aromatic N) is 5. The fourth-order valence-corrected chi connectivity index (χ4v) is 4.40. The lowest BCUT2D eigenvalue weighted by molar-refractivity contribution is -0.125. The van der Waals surface area contributed by atoms with Gasteiger partial charge in [0, 0.05) is 18.9 Å². The number of rotatable bonds is 3. The van der Waals surface area contributed by atoms with Gasteiger partial charge in [-0.1, -0.05) is 18.2 Å². The first-order valence-corrected chi connectivity index (χ1v) is 10.1. The molecule has 0 unspecified atom stereocenters. The van der Waals surface area contributed by atoms with Gasteiger partial charge in [-0.3, -0.25) is 9.59 Å². The van der Waals surface area contributed by atoms with Crippen LogP contribution in [0.5, 0.6) is 0 Å². The minimum atomic E-state index is -1.07. The fraction of sp³-hybridized carbons (Fsp3) is 0.182. The molecule has 1 aromatic carbocycles. The molecule has 0 fully saturated rings. The van der Waals surface area contributed by atoms with Gasteiger partial charge in [-0.2, -0.15) is 19.7 Å². The van der Waals surface area contributed by atoms with E-state index in [4.69, 9.17) is 0 Å². The van der Waals surface area contributed by atoms with Crippen LogP contribution < -0.4 is 10.6 Å². The summed E-state index contributed by atoms with van der Waals surface area (Å²) in [5.41, 5.74) is 0.851. The molecular weight excluding hydrogens is 432 g/mol. The largest absolute Gasteiger partial charge is 0.310 e. The van der Waals surface area contributed by atoms with Crippen LogP contribution >= 0.6 is 0 Å². The van der Waals surface area contributed by atoms with Gasteiger partial charge < -0.3 is 10.6 Å². The Bertz CT molecular complexity index is 1520. The van der Waals surface area contributed by atoms with Gasteiger partial charge in [0.1, 0.15) is 28.8 Å². The van der Waals surface area contributed by atoms with Crippen molar-refractivity contribution in [3.05, 3.63) is 65.0 Å². The minimum Gasteiger partial charge on any atom is -0.310 e. The van der Waals surface area contributed by atoms with Gasteiger partial charge in [-0.15, -0.1) is 0 Å². The van der Waals surface area contributed by atoms with E-state index >= 15 is 0 Å². The molecule has 11 heteroatoms. The summed E-state index contributed by atoms with van der Waals surface area (Å²) in [5, 5.41) is 9.88. The molecule has 2 N–H and O–H groups in total. The Hall–Kier alpha value is -4.28. The van der Waals surface area contributed by atoms with E-state index in [0.29, 0.717) is 22.3 Å². The van der Waals surface area contributed by atoms with E-state index in [1.807, 2.05) is 0 Å². The van der Waals surface area contributed by atoms with Crippen LogP contribution in [0.3, 0.4) is 0 Å². The highest BCUT2D eigenvalue weighted by molar-refractivity contribution is 6.13. The lowest BCUT2D eigenvalue weighted by atomic mass is 9.79. The summed E-state index contributed by atoms with van der Waals surface area (Å²) in [4.78, 5) is 37.8. The van der Waals surface area contributed by atoms with Crippen molar-refractivity contribution in [2.45, 2.75) is 25.2 Å². The molecule has 3 aromatic heterocycles. The van der Waals surface area contributed by atoms with Gasteiger partial charge in [0.2, 0.25) is 11.8 Å². The number of nitrogens with one attached hydrogen (secondary N) is 2. The Morgan fingerprint density at radius 2 is 1.88 bits per heavy atom. The van der Waals surface area contributed by atoms with Gasteiger partial charge in [0.25, 0.3) is 5.95 Å². The number of anilines is 2. The van der Waals surface area contributed by atoms with E-state index in [0.717, 1.165) is 6.20 Å². The number of fused-ring (bicyclic) bond motifs is 1. The molecule has 5 heterocycles. The molecule has 0 saturated heterocycles. The minimum absolute atomic E-state index is 0.00711. The zero-order chi connectivity index (χ0) is 22.9. The molecule has 164 valence electrons. The molecule has 33 heavy (non-hydrogen) atoms. The maximum atomic E-state index is 14.3. The van der Waals surface area contributed by atoms with Crippen molar-refractivity contribution in [3.8, 4) is 5.95 Å². The van der Waals surface area contributed by atoms with Crippen LogP contribution in [0.25, 0.3) is 17.0 Å². The molecule has 0 aliphatic carbocycles. The maximum absolute atomic E-state index is 14.3. The summed E-state index contributed by atoms with van der Waals surface area (Å²) in [5.74, 6) is -1.24. The van der Waals surface area contributed by atoms with Crippen molar-refractivity contribution in [1.29, 1.82) is 0 Å². The number of halogens is 2. The Morgan fingerprint density at radius 3 is 2.67 bits per heavy atom. The normalized spacial score (nSPS) is 18.9. The molecule has 2 aliphatic rings. The van der Waals surface area contributed by atoms with E-state index in [9.17, 15) is 18.4 Å². The molecule has 4 aromatic rings. The zero-order valence-corrected chi connectivity index (χ0v) is 17.2. The molecule has 6 rings (SSSR count). The van der Waals surface area contributed by atoms with Crippen LogP contribution in [0.15, 0.2) is 36.5 Å². The summed E-state index contributed by atoms with van der Waals surface area (Å²) >= 11 is 0. The zero-order valence-electron chi connectivity index (χ0n) is 17.2. The number of benzene rings is 1. The summed E-state index contributed by atoms with van der Waals surface area (Å²) in [6, 6.07) is 7.50. The molecule has 9 nitrogen and oxygen atoms in total. The number of amides is 2. The number of hydrogen-bond acceptors (Lipinski definition) is 6. The molecule has 1 atom stereocenters. The predicted octanol–water partition coefficient (Wildman–Crippen LogP) is 2.63. The Kier molecular flexibility index (Phi) is 3.89. The van der Waals surface area contributed by atoms with Crippen molar-refractivity contribution >= 4 is 34.5 Å². The highest BCUT2D eigenvalue weighted by Crippen LogP contribution is 2.45. The highest BCUT2D eigenvalue weighted by atomic mass is 19.1. The van der Waals surface area contributed by atoms with Crippen LogP contribution in [0, 0.1) is 11.6 Å². The summed E-state index contributed by atoms with van der Waals surface area (Å²) < 4.78 is 29.6. The summed E-state index contributed by atoms with van der Waals surface area (Å²) in [6.45, 7) is 1.66. The van der Waals surface area contributed by atoms with Crippen LogP contribution in [0.4, 0.5) is 20.4 Å². The predicted molar refractivity (Wildman–Crippen MR) is 113 cm³/mol. The van der Waals surface area contributed by atoms with Gasteiger partial charge in [-0.05, 0) is 18.6 Å². The first-order chi connectivity index (χ1) is 15.8. The average molecular weight is 447 g/mol. The maximum Gasteiger partial charge on any atom is 0.255 e. The van der Waals surface area contributed by atoms with Crippen LogP contribution in [0.2, 0.25) is 0 Å². The van der Waals surface area contributed by atoms with E-state index < -0.39 is 17.0 Å². The molecule has 0 saturated carbocycles. The van der Waals surface area contributed by atoms with Gasteiger partial charge in [-0.25, -0.2) is 13.8 Å². The molecule has 2 amide bonds. The van der Waals surface area contributed by atoms with E-state index in [1.54, 1.807) is 25.1 Å². The number of hydrogen-bond donors (Lipinski definition) is 2. The standard InChI is InChI=1S/C22H15F2N7O2/c1-22-8-15(32)26-18-16(22)19(27-20(22)33)29-21(28-18)31-14-7-11(23)9-25-17(14)13(30-31)6-10-4-2-3-5-12(10)24/h2-5,7,9H,6,8H2,1H3,(H2,26,27,28,29,32,33)/t22-/m1/s1. The summed E-state index contributed by atoms with van der Waals surface area (Å²) in [7, 11) is 0. The third-order valence-corrected chi connectivity index (χ3v) is 6.02. The van der Waals surface area contributed by atoms with Crippen molar-refractivity contribution in [1.82, 2.24) is 24.7 Å². The highest BCUT2D eigenvalue weighted by Gasteiger charge is 2.50. The van der Waals surface area contributed by atoms with Crippen LogP contribution in [0.1, 0.15) is 30.2 Å². The van der Waals surface area contributed by atoms with Crippen LogP contribution in [-0.2, 0) is 21.4 Å². The second-order valence-corrected chi connectivity index (χ2v) is 8.25. The smallest absolute Gasteiger partial charge is 0.255 e. The third-order valence-electron chi connectivity index (χ3n) is 6.02. The van der Waals surface area contributed by atoms with E-state index in [-0.39, 0.29) is 47.8 Å². The van der Waals surface area contributed by atoms with Gasteiger partial charge in [0.05, 0.1) is 28.4 Å². The van der Waals surface area contributed by atoms with Crippen molar-refractivity contribution in [2.75, 3.05) is 10.6 Å². The molecule has 0 spiro atoms. The lowest BCUT2D eigenvalue weighted by Crippen LogP contribution is -2.39. The van der Waals surface area contributed by atoms with Crippen molar-refractivity contribution < 1.29 is 18.4 Å². The first kappa shape index (κ1) is 19.4. The molecule has 0 radical (unpaired) electrons.